The molecule has 0 aliphatic carbocycles. The predicted octanol–water partition coefficient (Wildman–Crippen LogP) is 1.25. The predicted molar refractivity (Wildman–Crippen MR) is 74.6 cm³/mol. The van der Waals surface area contributed by atoms with E-state index in [-0.39, 0.29) is 18.4 Å². The van der Waals surface area contributed by atoms with Crippen molar-refractivity contribution in [3.05, 3.63) is 29.8 Å². The zero-order valence-corrected chi connectivity index (χ0v) is 10.9. The summed E-state index contributed by atoms with van der Waals surface area (Å²) in [5, 5.41) is 5.67. The normalized spacial score (nSPS) is 11.1. The van der Waals surface area contributed by atoms with Crippen LogP contribution < -0.4 is 16.4 Å². The van der Waals surface area contributed by atoms with E-state index in [1.165, 1.54) is 0 Å². The first kappa shape index (κ1) is 14.0. The number of hydrogen-bond acceptors (Lipinski definition) is 2. The van der Waals surface area contributed by atoms with Crippen LogP contribution in [0.3, 0.4) is 0 Å². The van der Waals surface area contributed by atoms with Gasteiger partial charge in [0.25, 0.3) is 0 Å². The van der Waals surface area contributed by atoms with Crippen LogP contribution in [-0.2, 0) is 4.79 Å². The van der Waals surface area contributed by atoms with E-state index < -0.39 is 0 Å². The zero-order chi connectivity index (χ0) is 13.4. The topological polar surface area (TPSA) is 79.5 Å². The van der Waals surface area contributed by atoms with Crippen molar-refractivity contribution in [2.75, 3.05) is 18.4 Å². The van der Waals surface area contributed by atoms with E-state index in [1.807, 2.05) is 38.1 Å². The van der Waals surface area contributed by atoms with Gasteiger partial charge in [-0.3, -0.25) is 4.79 Å². The van der Waals surface area contributed by atoms with Gasteiger partial charge in [0.2, 0.25) is 5.91 Å². The molecule has 0 aliphatic heterocycles. The fourth-order valence-electron chi connectivity index (χ4n) is 1.39. The van der Waals surface area contributed by atoms with E-state index in [2.05, 4.69) is 15.6 Å². The molecule has 0 heterocycles. The number of rotatable bonds is 5. The molecular formula is C13H20N4O. The molecule has 98 valence electrons. The molecular weight excluding hydrogens is 228 g/mol. The first-order valence-electron chi connectivity index (χ1n) is 6.02. The van der Waals surface area contributed by atoms with Gasteiger partial charge in [-0.2, -0.15) is 0 Å². The van der Waals surface area contributed by atoms with Gasteiger partial charge in [-0.15, -0.1) is 0 Å². The number of carbonyl (C=O) groups is 1. The third-order valence-electron chi connectivity index (χ3n) is 2.26. The zero-order valence-electron chi connectivity index (χ0n) is 10.9. The van der Waals surface area contributed by atoms with Crippen LogP contribution in [0.1, 0.15) is 18.9 Å². The lowest BCUT2D eigenvalue weighted by Crippen LogP contribution is -2.29. The van der Waals surface area contributed by atoms with Crippen LogP contribution in [0.15, 0.2) is 29.3 Å². The third kappa shape index (κ3) is 5.34. The molecule has 0 spiro atoms. The Bertz CT molecular complexity index is 429. The van der Waals surface area contributed by atoms with Gasteiger partial charge in [-0.05, 0) is 31.0 Å². The van der Waals surface area contributed by atoms with Crippen molar-refractivity contribution in [3.8, 4) is 0 Å². The Labute approximate surface area is 107 Å². The number of nitrogens with one attached hydrogen (secondary N) is 2. The number of carbonyl (C=O) groups excluding carboxylic acids is 1. The number of aliphatic imine (C=N–C) groups is 1. The van der Waals surface area contributed by atoms with Crippen LogP contribution in [0, 0.1) is 6.92 Å². The number of guanidine groups is 1. The average Bonchev–Trinajstić information content (AvgIpc) is 2.34. The second-order valence-corrected chi connectivity index (χ2v) is 4.05. The van der Waals surface area contributed by atoms with Crippen molar-refractivity contribution in [2.24, 2.45) is 10.7 Å². The van der Waals surface area contributed by atoms with E-state index in [0.717, 1.165) is 17.7 Å². The van der Waals surface area contributed by atoms with Gasteiger partial charge < -0.3 is 16.4 Å². The molecule has 1 amide bonds. The summed E-state index contributed by atoms with van der Waals surface area (Å²) in [5.74, 6) is 0.123. The van der Waals surface area contributed by atoms with Crippen LogP contribution in [-0.4, -0.2) is 25.0 Å². The van der Waals surface area contributed by atoms with E-state index in [1.54, 1.807) is 0 Å². The molecule has 1 aromatic carbocycles. The van der Waals surface area contributed by atoms with Crippen LogP contribution in [0.2, 0.25) is 0 Å². The summed E-state index contributed by atoms with van der Waals surface area (Å²) in [6, 6.07) is 7.78. The summed E-state index contributed by atoms with van der Waals surface area (Å²) in [4.78, 5) is 15.3. The maximum absolute atomic E-state index is 11.3. The molecule has 18 heavy (non-hydrogen) atoms. The maximum atomic E-state index is 11.3. The molecule has 5 heteroatoms. The summed E-state index contributed by atoms with van der Waals surface area (Å²) in [6.07, 6.45) is 0.909. The van der Waals surface area contributed by atoms with Crippen molar-refractivity contribution in [3.63, 3.8) is 0 Å². The molecule has 0 aliphatic rings. The Kier molecular flexibility index (Phi) is 5.70. The Hall–Kier alpha value is -2.04. The third-order valence-corrected chi connectivity index (χ3v) is 2.26. The van der Waals surface area contributed by atoms with Crippen LogP contribution >= 0.6 is 0 Å². The Morgan fingerprint density at radius 1 is 1.44 bits per heavy atom. The number of benzene rings is 1. The van der Waals surface area contributed by atoms with E-state index in [9.17, 15) is 4.79 Å². The van der Waals surface area contributed by atoms with Crippen LogP contribution in [0.4, 0.5) is 5.69 Å². The van der Waals surface area contributed by atoms with Gasteiger partial charge in [0.05, 0.1) is 0 Å². The van der Waals surface area contributed by atoms with Gasteiger partial charge >= 0.3 is 0 Å². The molecule has 0 atom stereocenters. The molecule has 0 unspecified atom stereocenters. The van der Waals surface area contributed by atoms with Crippen molar-refractivity contribution in [2.45, 2.75) is 20.3 Å². The Balaban J connectivity index is 2.44. The molecule has 0 saturated carbocycles. The molecule has 0 saturated heterocycles. The summed E-state index contributed by atoms with van der Waals surface area (Å²) >= 11 is 0. The highest BCUT2D eigenvalue weighted by Gasteiger charge is 1.99. The lowest BCUT2D eigenvalue weighted by Gasteiger charge is -2.06. The first-order valence-corrected chi connectivity index (χ1v) is 6.02. The van der Waals surface area contributed by atoms with Gasteiger partial charge in [0.1, 0.15) is 6.54 Å². The van der Waals surface area contributed by atoms with Gasteiger partial charge in [-0.1, -0.05) is 19.1 Å². The highest BCUT2D eigenvalue weighted by Crippen LogP contribution is 2.08. The summed E-state index contributed by atoms with van der Waals surface area (Å²) < 4.78 is 0. The SMILES string of the molecule is CCCNC(=O)CN=C(N)Nc1cccc(C)c1. The number of amides is 1. The molecule has 0 radical (unpaired) electrons. The molecule has 0 fully saturated rings. The molecule has 1 rings (SSSR count). The summed E-state index contributed by atoms with van der Waals surface area (Å²) in [5.41, 5.74) is 7.69. The largest absolute Gasteiger partial charge is 0.370 e. The molecule has 1 aromatic rings. The van der Waals surface area contributed by atoms with Gasteiger partial charge in [0, 0.05) is 12.2 Å². The number of hydrogen-bond donors (Lipinski definition) is 3. The van der Waals surface area contributed by atoms with Gasteiger partial charge in [0.15, 0.2) is 5.96 Å². The van der Waals surface area contributed by atoms with Crippen LogP contribution in [0.25, 0.3) is 0 Å². The second-order valence-electron chi connectivity index (χ2n) is 4.05. The summed E-state index contributed by atoms with van der Waals surface area (Å²) in [7, 11) is 0. The van der Waals surface area contributed by atoms with Crippen molar-refractivity contribution >= 4 is 17.6 Å². The highest BCUT2D eigenvalue weighted by molar-refractivity contribution is 5.93. The minimum Gasteiger partial charge on any atom is -0.370 e. The number of anilines is 1. The summed E-state index contributed by atoms with van der Waals surface area (Å²) in [6.45, 7) is 4.71. The maximum Gasteiger partial charge on any atom is 0.241 e. The molecule has 5 nitrogen and oxygen atoms in total. The lowest BCUT2D eigenvalue weighted by atomic mass is 10.2. The van der Waals surface area contributed by atoms with Crippen molar-refractivity contribution < 1.29 is 4.79 Å². The highest BCUT2D eigenvalue weighted by atomic mass is 16.1. The fraction of sp³-hybridized carbons (Fsp3) is 0.385. The molecule has 0 aromatic heterocycles. The average molecular weight is 248 g/mol. The quantitative estimate of drug-likeness (QED) is 0.542. The van der Waals surface area contributed by atoms with E-state index in [4.69, 9.17) is 5.73 Å². The lowest BCUT2D eigenvalue weighted by molar-refractivity contribution is -0.119. The van der Waals surface area contributed by atoms with Gasteiger partial charge in [-0.25, -0.2) is 4.99 Å². The molecule has 4 N–H and O–H groups in total. The number of aryl methyl sites for hydroxylation is 1. The second kappa shape index (κ2) is 7.32. The fourth-order valence-corrected chi connectivity index (χ4v) is 1.39. The standard InChI is InChI=1S/C13H20N4O/c1-3-7-15-12(18)9-16-13(14)17-11-6-4-5-10(2)8-11/h4-6,8H,3,7,9H2,1-2H3,(H,15,18)(H3,14,16,17). The minimum absolute atomic E-state index is 0.0463. The van der Waals surface area contributed by atoms with E-state index in [0.29, 0.717) is 6.54 Å². The Morgan fingerprint density at radius 2 is 2.22 bits per heavy atom. The first-order chi connectivity index (χ1) is 8.61. The minimum atomic E-state index is -0.120. The number of nitrogens with two attached hydrogens (primary N) is 1. The van der Waals surface area contributed by atoms with Crippen LogP contribution in [0.5, 0.6) is 0 Å². The van der Waals surface area contributed by atoms with Crippen molar-refractivity contribution in [1.82, 2.24) is 5.32 Å². The Morgan fingerprint density at radius 3 is 2.89 bits per heavy atom. The number of nitrogens with zero attached hydrogens (tertiary/aromatic N) is 1. The smallest absolute Gasteiger partial charge is 0.241 e. The van der Waals surface area contributed by atoms with E-state index >= 15 is 0 Å². The monoisotopic (exact) mass is 248 g/mol. The van der Waals surface area contributed by atoms with Crippen molar-refractivity contribution in [1.29, 1.82) is 0 Å². The molecule has 0 bridgehead atoms.